The average Bonchev–Trinajstić information content (AvgIpc) is 3.20. The number of rotatable bonds is 5. The number of nitrogens with zero attached hydrogens (tertiary/aromatic N) is 1. The van der Waals surface area contributed by atoms with Crippen LogP contribution in [0.2, 0.25) is 4.34 Å². The summed E-state index contributed by atoms with van der Waals surface area (Å²) in [6.45, 7) is 2.68. The quantitative estimate of drug-likeness (QED) is 0.702. The molecule has 1 atom stereocenters. The van der Waals surface area contributed by atoms with Gasteiger partial charge in [0.1, 0.15) is 0 Å². The van der Waals surface area contributed by atoms with E-state index in [1.54, 1.807) is 6.07 Å². The van der Waals surface area contributed by atoms with Crippen LogP contribution in [0.4, 0.5) is 0 Å². The molecule has 5 nitrogen and oxygen atoms in total. The molecule has 2 aliphatic rings. The first-order valence-electron chi connectivity index (χ1n) is 10.5. The summed E-state index contributed by atoms with van der Waals surface area (Å²) in [4.78, 5) is 14.1. The second-order valence-electron chi connectivity index (χ2n) is 8.19. The zero-order chi connectivity index (χ0) is 21.3. The van der Waals surface area contributed by atoms with E-state index in [4.69, 9.17) is 11.6 Å². The monoisotopic (exact) mass is 466 g/mol. The maximum Gasteiger partial charge on any atom is 0.243 e. The van der Waals surface area contributed by atoms with Crippen molar-refractivity contribution in [3.05, 3.63) is 50.7 Å². The Morgan fingerprint density at radius 1 is 1.13 bits per heavy atom. The highest BCUT2D eigenvalue weighted by molar-refractivity contribution is 7.89. The highest BCUT2D eigenvalue weighted by Crippen LogP contribution is 2.30. The third kappa shape index (κ3) is 4.59. The van der Waals surface area contributed by atoms with Gasteiger partial charge in [-0.2, -0.15) is 4.31 Å². The number of nitrogens with one attached hydrogen (secondary N) is 1. The molecule has 2 aromatic rings. The minimum Gasteiger partial charge on any atom is -0.349 e. The Bertz CT molecular complexity index is 1030. The number of hydrogen-bond donors (Lipinski definition) is 1. The van der Waals surface area contributed by atoms with Crippen LogP contribution in [0.25, 0.3) is 0 Å². The molecule has 1 saturated heterocycles. The molecule has 1 aliphatic heterocycles. The number of piperidine rings is 1. The smallest absolute Gasteiger partial charge is 0.243 e. The highest BCUT2D eigenvalue weighted by Gasteiger charge is 2.33. The molecular weight excluding hydrogens is 440 g/mol. The van der Waals surface area contributed by atoms with E-state index in [-0.39, 0.29) is 17.9 Å². The van der Waals surface area contributed by atoms with Crippen molar-refractivity contribution in [1.29, 1.82) is 0 Å². The second-order valence-corrected chi connectivity index (χ2v) is 11.9. The minimum atomic E-state index is -3.52. The van der Waals surface area contributed by atoms with Crippen molar-refractivity contribution in [3.63, 3.8) is 0 Å². The van der Waals surface area contributed by atoms with Crippen molar-refractivity contribution in [2.24, 2.45) is 5.92 Å². The molecule has 1 unspecified atom stereocenters. The maximum absolute atomic E-state index is 13.1. The number of halogens is 1. The number of carbonyl (C=O) groups excluding carboxylic acids is 1. The summed E-state index contributed by atoms with van der Waals surface area (Å²) in [6.07, 6.45) is 5.35. The predicted octanol–water partition coefficient (Wildman–Crippen LogP) is 4.56. The lowest BCUT2D eigenvalue weighted by Gasteiger charge is -2.31. The van der Waals surface area contributed by atoms with Gasteiger partial charge < -0.3 is 5.32 Å². The SMILES string of the molecule is CC(NC(=O)C1CCN(S(=O)(=O)c2ccc3c(c2)CCCC3)CC1)c1ccc(Cl)s1. The molecule has 8 heteroatoms. The van der Waals surface area contributed by atoms with Gasteiger partial charge in [-0.05, 0) is 80.8 Å². The molecule has 2 heterocycles. The Balaban J connectivity index is 1.37. The first kappa shape index (κ1) is 21.8. The molecule has 0 radical (unpaired) electrons. The van der Waals surface area contributed by atoms with Gasteiger partial charge >= 0.3 is 0 Å². The lowest BCUT2D eigenvalue weighted by molar-refractivity contribution is -0.126. The van der Waals surface area contributed by atoms with Gasteiger partial charge in [0.2, 0.25) is 15.9 Å². The number of aryl methyl sites for hydroxylation is 2. The fraction of sp³-hybridized carbons (Fsp3) is 0.500. The van der Waals surface area contributed by atoms with Crippen LogP contribution in [0.5, 0.6) is 0 Å². The van der Waals surface area contributed by atoms with Gasteiger partial charge in [-0.15, -0.1) is 11.3 Å². The molecule has 0 bridgehead atoms. The van der Waals surface area contributed by atoms with Crippen LogP contribution in [0, 0.1) is 5.92 Å². The van der Waals surface area contributed by atoms with Crippen LogP contribution < -0.4 is 5.32 Å². The van der Waals surface area contributed by atoms with Crippen LogP contribution in [0.3, 0.4) is 0 Å². The van der Waals surface area contributed by atoms with Gasteiger partial charge in [-0.3, -0.25) is 4.79 Å². The lowest BCUT2D eigenvalue weighted by Crippen LogP contribution is -2.43. The summed E-state index contributed by atoms with van der Waals surface area (Å²) in [6, 6.07) is 9.22. The Morgan fingerprint density at radius 2 is 1.83 bits per heavy atom. The number of hydrogen-bond acceptors (Lipinski definition) is 4. The molecular formula is C22H27ClN2O3S2. The Kier molecular flexibility index (Phi) is 6.53. The number of benzene rings is 1. The largest absolute Gasteiger partial charge is 0.349 e. The van der Waals surface area contributed by atoms with E-state index in [1.165, 1.54) is 33.2 Å². The van der Waals surface area contributed by atoms with Gasteiger partial charge in [0, 0.05) is 23.9 Å². The number of carbonyl (C=O) groups is 1. The zero-order valence-corrected chi connectivity index (χ0v) is 19.5. The van der Waals surface area contributed by atoms with E-state index in [1.807, 2.05) is 31.2 Å². The van der Waals surface area contributed by atoms with E-state index in [2.05, 4.69) is 5.32 Å². The van der Waals surface area contributed by atoms with Gasteiger partial charge in [-0.25, -0.2) is 8.42 Å². The Labute approximate surface area is 187 Å². The van der Waals surface area contributed by atoms with E-state index >= 15 is 0 Å². The van der Waals surface area contributed by atoms with Gasteiger partial charge in [-0.1, -0.05) is 17.7 Å². The molecule has 1 aliphatic carbocycles. The lowest BCUT2D eigenvalue weighted by atomic mass is 9.92. The second kappa shape index (κ2) is 8.99. The Hall–Kier alpha value is -1.41. The van der Waals surface area contributed by atoms with Crippen molar-refractivity contribution < 1.29 is 13.2 Å². The van der Waals surface area contributed by atoms with Crippen LogP contribution in [-0.4, -0.2) is 31.7 Å². The van der Waals surface area contributed by atoms with E-state index in [9.17, 15) is 13.2 Å². The number of sulfonamides is 1. The normalized spacial score (nSPS) is 19.3. The van der Waals surface area contributed by atoms with E-state index in [0.717, 1.165) is 24.1 Å². The van der Waals surface area contributed by atoms with Crippen molar-refractivity contribution in [2.45, 2.75) is 56.4 Å². The van der Waals surface area contributed by atoms with E-state index < -0.39 is 10.0 Å². The van der Waals surface area contributed by atoms with Crippen molar-refractivity contribution in [3.8, 4) is 0 Å². The molecule has 1 fully saturated rings. The molecule has 1 N–H and O–H groups in total. The molecule has 1 aromatic carbocycles. The van der Waals surface area contributed by atoms with Crippen molar-refractivity contribution in [1.82, 2.24) is 9.62 Å². The van der Waals surface area contributed by atoms with Crippen LogP contribution >= 0.6 is 22.9 Å². The van der Waals surface area contributed by atoms with Gasteiger partial charge in [0.25, 0.3) is 0 Å². The third-order valence-corrected chi connectivity index (χ3v) is 9.47. The van der Waals surface area contributed by atoms with Crippen molar-refractivity contribution in [2.75, 3.05) is 13.1 Å². The summed E-state index contributed by atoms with van der Waals surface area (Å²) >= 11 is 7.44. The summed E-state index contributed by atoms with van der Waals surface area (Å²) in [5.41, 5.74) is 2.44. The summed E-state index contributed by atoms with van der Waals surface area (Å²) in [7, 11) is -3.52. The van der Waals surface area contributed by atoms with Crippen LogP contribution in [0.1, 0.15) is 54.7 Å². The number of thiophene rings is 1. The standard InChI is InChI=1S/C22H27ClN2O3S2/c1-15(20-8-9-21(23)29-20)24-22(26)17-10-12-25(13-11-17)30(27,28)19-7-6-16-4-2-3-5-18(16)14-19/h6-9,14-15,17H,2-5,10-13H2,1H3,(H,24,26). The van der Waals surface area contributed by atoms with Crippen LogP contribution in [0.15, 0.2) is 35.2 Å². The molecule has 1 amide bonds. The molecule has 4 rings (SSSR count). The molecule has 0 spiro atoms. The van der Waals surface area contributed by atoms with Gasteiger partial charge in [0.05, 0.1) is 15.3 Å². The maximum atomic E-state index is 13.1. The van der Waals surface area contributed by atoms with E-state index in [0.29, 0.717) is 35.2 Å². The third-order valence-electron chi connectivity index (χ3n) is 6.16. The summed E-state index contributed by atoms with van der Waals surface area (Å²) in [5, 5.41) is 3.04. The highest BCUT2D eigenvalue weighted by atomic mass is 35.5. The van der Waals surface area contributed by atoms with Crippen molar-refractivity contribution >= 4 is 38.9 Å². The average molecular weight is 467 g/mol. The zero-order valence-electron chi connectivity index (χ0n) is 17.1. The fourth-order valence-corrected chi connectivity index (χ4v) is 6.93. The summed E-state index contributed by atoms with van der Waals surface area (Å²) in [5.74, 6) is -0.185. The Morgan fingerprint density at radius 3 is 2.50 bits per heavy atom. The first-order chi connectivity index (χ1) is 14.3. The molecule has 162 valence electrons. The van der Waals surface area contributed by atoms with Crippen LogP contribution in [-0.2, 0) is 27.7 Å². The topological polar surface area (TPSA) is 66.5 Å². The molecule has 1 aromatic heterocycles. The predicted molar refractivity (Wildman–Crippen MR) is 120 cm³/mol. The molecule has 0 saturated carbocycles. The first-order valence-corrected chi connectivity index (χ1v) is 13.2. The number of fused-ring (bicyclic) bond motifs is 1. The molecule has 30 heavy (non-hydrogen) atoms. The summed E-state index contributed by atoms with van der Waals surface area (Å²) < 4.78 is 28.5. The fourth-order valence-electron chi connectivity index (χ4n) is 4.34. The number of amides is 1. The van der Waals surface area contributed by atoms with Gasteiger partial charge in [0.15, 0.2) is 0 Å². The minimum absolute atomic E-state index is 0.0159.